The van der Waals surface area contributed by atoms with Crippen LogP contribution in [-0.4, -0.2) is 45.4 Å². The molecule has 0 aliphatic carbocycles. The average Bonchev–Trinajstić information content (AvgIpc) is 2.55. The highest BCUT2D eigenvalue weighted by Gasteiger charge is 2.17. The van der Waals surface area contributed by atoms with Crippen LogP contribution in [0.2, 0.25) is 0 Å². The van der Waals surface area contributed by atoms with Crippen LogP contribution in [0.4, 0.5) is 5.69 Å². The quantitative estimate of drug-likeness (QED) is 0.875. The number of hydrogen-bond donors (Lipinski definition) is 2. The lowest BCUT2D eigenvalue weighted by atomic mass is 10.1. The zero-order chi connectivity index (χ0) is 13.6. The highest BCUT2D eigenvalue weighted by Crippen LogP contribution is 2.28. The molecule has 0 unspecified atom stereocenters. The Hall–Kier alpha value is -1.26. The number of hydrogen-bond acceptors (Lipinski definition) is 4. The van der Waals surface area contributed by atoms with Crippen molar-refractivity contribution in [2.24, 2.45) is 0 Å². The van der Waals surface area contributed by atoms with Crippen molar-refractivity contribution in [1.82, 2.24) is 10.6 Å². The lowest BCUT2D eigenvalue weighted by Crippen LogP contribution is -2.43. The van der Waals surface area contributed by atoms with E-state index in [-0.39, 0.29) is 0 Å². The molecular formula is C16H25N3O. The van der Waals surface area contributed by atoms with E-state index in [1.54, 1.807) is 0 Å². The Bertz CT molecular complexity index is 412. The fraction of sp³-hybridized carbons (Fsp3) is 0.625. The van der Waals surface area contributed by atoms with E-state index in [4.69, 9.17) is 4.74 Å². The van der Waals surface area contributed by atoms with E-state index in [0.29, 0.717) is 6.04 Å². The van der Waals surface area contributed by atoms with E-state index in [1.165, 1.54) is 24.9 Å². The van der Waals surface area contributed by atoms with Gasteiger partial charge in [0.2, 0.25) is 0 Å². The first-order valence-corrected chi connectivity index (χ1v) is 7.84. The van der Waals surface area contributed by atoms with Crippen LogP contribution in [0.25, 0.3) is 0 Å². The second kappa shape index (κ2) is 6.95. The van der Waals surface area contributed by atoms with E-state index >= 15 is 0 Å². The van der Waals surface area contributed by atoms with Gasteiger partial charge in [0.05, 0.1) is 5.69 Å². The molecule has 110 valence electrons. The first kappa shape index (κ1) is 13.7. The zero-order valence-corrected chi connectivity index (χ0v) is 12.1. The van der Waals surface area contributed by atoms with Crippen LogP contribution in [0.1, 0.15) is 19.3 Å². The minimum atomic E-state index is 0.514. The molecule has 3 rings (SSSR count). The van der Waals surface area contributed by atoms with E-state index < -0.39 is 0 Å². The number of rotatable bonds is 4. The third kappa shape index (κ3) is 3.44. The van der Waals surface area contributed by atoms with E-state index in [1.807, 2.05) is 0 Å². The Labute approximate surface area is 121 Å². The van der Waals surface area contributed by atoms with Crippen LogP contribution in [-0.2, 0) is 0 Å². The molecule has 1 aromatic rings. The van der Waals surface area contributed by atoms with Crippen molar-refractivity contribution < 1.29 is 4.74 Å². The van der Waals surface area contributed by atoms with Gasteiger partial charge < -0.3 is 20.3 Å². The number of ether oxygens (including phenoxy) is 1. The monoisotopic (exact) mass is 275 g/mol. The van der Waals surface area contributed by atoms with Gasteiger partial charge >= 0.3 is 0 Å². The molecule has 1 atom stereocenters. The smallest absolute Gasteiger partial charge is 0.142 e. The van der Waals surface area contributed by atoms with Gasteiger partial charge in [-0.1, -0.05) is 18.6 Å². The van der Waals surface area contributed by atoms with Gasteiger partial charge in [-0.25, -0.2) is 0 Å². The summed E-state index contributed by atoms with van der Waals surface area (Å²) in [6, 6.07) is 8.95. The summed E-state index contributed by atoms with van der Waals surface area (Å²) in [5, 5.41) is 6.93. The summed E-state index contributed by atoms with van der Waals surface area (Å²) in [6.07, 6.45) is 3.85. The number of para-hydroxylation sites is 2. The molecule has 0 saturated carbocycles. The summed E-state index contributed by atoms with van der Waals surface area (Å²) in [5.74, 6) is 1.03. The Morgan fingerprint density at radius 3 is 2.75 bits per heavy atom. The lowest BCUT2D eigenvalue weighted by Gasteiger charge is -2.31. The molecule has 0 radical (unpaired) electrons. The van der Waals surface area contributed by atoms with Gasteiger partial charge in [-0.3, -0.25) is 0 Å². The minimum Gasteiger partial charge on any atom is -0.490 e. The Morgan fingerprint density at radius 1 is 1.10 bits per heavy atom. The highest BCUT2D eigenvalue weighted by molar-refractivity contribution is 5.58. The van der Waals surface area contributed by atoms with Crippen molar-refractivity contribution >= 4 is 5.69 Å². The maximum absolute atomic E-state index is 6.11. The van der Waals surface area contributed by atoms with Crippen LogP contribution in [0.3, 0.4) is 0 Å². The van der Waals surface area contributed by atoms with Crippen LogP contribution in [0.5, 0.6) is 5.75 Å². The summed E-state index contributed by atoms with van der Waals surface area (Å²) in [6.45, 7) is 6.14. The number of nitrogens with zero attached hydrogens (tertiary/aromatic N) is 1. The second-order valence-corrected chi connectivity index (χ2v) is 5.66. The van der Waals surface area contributed by atoms with Gasteiger partial charge in [-0.2, -0.15) is 0 Å². The maximum Gasteiger partial charge on any atom is 0.142 e. The third-order valence-electron chi connectivity index (χ3n) is 4.18. The number of nitrogens with one attached hydrogen (secondary N) is 2. The molecular weight excluding hydrogens is 250 g/mol. The third-order valence-corrected chi connectivity index (χ3v) is 4.18. The van der Waals surface area contributed by atoms with Crippen molar-refractivity contribution in [1.29, 1.82) is 0 Å². The normalized spacial score (nSPS) is 23.6. The van der Waals surface area contributed by atoms with Gasteiger partial charge in [0.15, 0.2) is 0 Å². The van der Waals surface area contributed by atoms with Crippen LogP contribution in [0, 0.1) is 0 Å². The molecule has 2 saturated heterocycles. The number of piperazine rings is 1. The van der Waals surface area contributed by atoms with Gasteiger partial charge in [0.25, 0.3) is 0 Å². The van der Waals surface area contributed by atoms with Crippen LogP contribution < -0.4 is 20.3 Å². The summed E-state index contributed by atoms with van der Waals surface area (Å²) < 4.78 is 6.11. The first-order chi connectivity index (χ1) is 9.93. The standard InChI is InChI=1S/C16H25N3O/c1-2-7-16(20-13-14-5-3-4-8-18-14)15(6-1)19-11-9-17-10-12-19/h1-2,6-7,14,17-18H,3-5,8-13H2/t14-/m0/s1. The molecule has 4 nitrogen and oxygen atoms in total. The molecule has 2 fully saturated rings. The van der Waals surface area contributed by atoms with Gasteiger partial charge in [-0.05, 0) is 31.5 Å². The van der Waals surface area contributed by atoms with Crippen molar-refractivity contribution in [3.63, 3.8) is 0 Å². The number of benzene rings is 1. The SMILES string of the molecule is c1ccc(N2CCNCC2)c(OC[C@@H]2CCCCN2)c1. The minimum absolute atomic E-state index is 0.514. The predicted molar refractivity (Wildman–Crippen MR) is 82.7 cm³/mol. The second-order valence-electron chi connectivity index (χ2n) is 5.66. The predicted octanol–water partition coefficient (Wildman–Crippen LogP) is 1.62. The Kier molecular flexibility index (Phi) is 4.77. The van der Waals surface area contributed by atoms with E-state index in [0.717, 1.165) is 45.1 Å². The first-order valence-electron chi connectivity index (χ1n) is 7.84. The molecule has 0 spiro atoms. The summed E-state index contributed by atoms with van der Waals surface area (Å²) >= 11 is 0. The fourth-order valence-corrected chi connectivity index (χ4v) is 3.00. The molecule has 20 heavy (non-hydrogen) atoms. The highest BCUT2D eigenvalue weighted by atomic mass is 16.5. The van der Waals surface area contributed by atoms with Crippen molar-refractivity contribution in [2.75, 3.05) is 44.2 Å². The van der Waals surface area contributed by atoms with Gasteiger partial charge in [0, 0.05) is 32.2 Å². The average molecular weight is 275 g/mol. The van der Waals surface area contributed by atoms with Crippen molar-refractivity contribution in [3.05, 3.63) is 24.3 Å². The number of piperidine rings is 1. The Morgan fingerprint density at radius 2 is 1.95 bits per heavy atom. The summed E-state index contributed by atoms with van der Waals surface area (Å²) in [5.41, 5.74) is 1.24. The molecule has 0 bridgehead atoms. The molecule has 4 heteroatoms. The Balaban J connectivity index is 1.62. The number of anilines is 1. The van der Waals surface area contributed by atoms with E-state index in [2.05, 4.69) is 39.8 Å². The largest absolute Gasteiger partial charge is 0.490 e. The molecule has 2 aliphatic rings. The lowest BCUT2D eigenvalue weighted by molar-refractivity contribution is 0.239. The maximum atomic E-state index is 6.11. The fourth-order valence-electron chi connectivity index (χ4n) is 3.00. The van der Waals surface area contributed by atoms with Crippen molar-refractivity contribution in [3.8, 4) is 5.75 Å². The van der Waals surface area contributed by atoms with Gasteiger partial charge in [0.1, 0.15) is 12.4 Å². The molecule has 2 heterocycles. The van der Waals surface area contributed by atoms with Gasteiger partial charge in [-0.15, -0.1) is 0 Å². The molecule has 0 amide bonds. The topological polar surface area (TPSA) is 36.5 Å². The molecule has 1 aromatic carbocycles. The molecule has 2 N–H and O–H groups in total. The summed E-state index contributed by atoms with van der Waals surface area (Å²) in [4.78, 5) is 2.42. The molecule has 2 aliphatic heterocycles. The molecule has 0 aromatic heterocycles. The van der Waals surface area contributed by atoms with E-state index in [9.17, 15) is 0 Å². The summed E-state index contributed by atoms with van der Waals surface area (Å²) in [7, 11) is 0. The zero-order valence-electron chi connectivity index (χ0n) is 12.1. The van der Waals surface area contributed by atoms with Crippen LogP contribution >= 0.6 is 0 Å². The van der Waals surface area contributed by atoms with Crippen molar-refractivity contribution in [2.45, 2.75) is 25.3 Å². The van der Waals surface area contributed by atoms with Crippen LogP contribution in [0.15, 0.2) is 24.3 Å².